The van der Waals surface area contributed by atoms with E-state index < -0.39 is 24.1 Å². The highest BCUT2D eigenvalue weighted by Gasteiger charge is 2.28. The van der Waals surface area contributed by atoms with E-state index in [1.807, 2.05) is 52.2 Å². The van der Waals surface area contributed by atoms with E-state index in [-0.39, 0.29) is 24.2 Å². The van der Waals surface area contributed by atoms with Gasteiger partial charge in [0, 0.05) is 29.2 Å². The number of ether oxygens (including phenoxy) is 1. The monoisotopic (exact) mass is 505 g/mol. The fraction of sp³-hybridized carbons (Fsp3) is 0.607. The van der Waals surface area contributed by atoms with E-state index in [1.165, 1.54) is 0 Å². The van der Waals surface area contributed by atoms with Gasteiger partial charge in [0.25, 0.3) is 0 Å². The number of ketones is 1. The van der Waals surface area contributed by atoms with Crippen molar-refractivity contribution in [1.29, 1.82) is 0 Å². The van der Waals surface area contributed by atoms with Crippen LogP contribution in [0.25, 0.3) is 6.08 Å². The number of aromatic nitrogens is 1. The summed E-state index contributed by atoms with van der Waals surface area (Å²) in [5.74, 6) is -0.891. The zero-order valence-electron chi connectivity index (χ0n) is 22.3. The summed E-state index contributed by atoms with van der Waals surface area (Å²) in [6, 6.07) is 0. The van der Waals surface area contributed by atoms with Gasteiger partial charge in [-0.1, -0.05) is 40.3 Å². The minimum absolute atomic E-state index is 0.0244. The van der Waals surface area contributed by atoms with Crippen molar-refractivity contribution in [2.45, 2.75) is 86.4 Å². The second-order valence-corrected chi connectivity index (χ2v) is 10.9. The molecule has 0 fully saturated rings. The molecule has 1 rings (SSSR count). The van der Waals surface area contributed by atoms with Crippen LogP contribution in [0.1, 0.15) is 77.9 Å². The maximum absolute atomic E-state index is 12.2. The van der Waals surface area contributed by atoms with E-state index in [2.05, 4.69) is 11.6 Å². The molecular weight excluding hydrogens is 462 g/mol. The first-order chi connectivity index (χ1) is 16.4. The second kappa shape index (κ2) is 15.1. The summed E-state index contributed by atoms with van der Waals surface area (Å²) < 4.78 is 5.67. The number of nitrogens with zero attached hydrogens (tertiary/aromatic N) is 1. The summed E-state index contributed by atoms with van der Waals surface area (Å²) >= 11 is 1.56. The molecule has 0 spiro atoms. The highest BCUT2D eigenvalue weighted by Crippen LogP contribution is 2.24. The Morgan fingerprint density at radius 1 is 1.23 bits per heavy atom. The maximum Gasteiger partial charge on any atom is 0.333 e. The zero-order valence-corrected chi connectivity index (χ0v) is 23.2. The largest absolute Gasteiger partial charge is 0.454 e. The molecule has 1 heterocycles. The average molecular weight is 506 g/mol. The van der Waals surface area contributed by atoms with Crippen LogP contribution >= 0.6 is 11.3 Å². The van der Waals surface area contributed by atoms with Gasteiger partial charge < -0.3 is 14.9 Å². The first-order valence-electron chi connectivity index (χ1n) is 12.3. The van der Waals surface area contributed by atoms with E-state index >= 15 is 0 Å². The molecule has 35 heavy (non-hydrogen) atoms. The minimum Gasteiger partial charge on any atom is -0.454 e. The third-order valence-electron chi connectivity index (χ3n) is 6.21. The van der Waals surface area contributed by atoms with Crippen molar-refractivity contribution >= 4 is 29.2 Å². The summed E-state index contributed by atoms with van der Waals surface area (Å²) in [7, 11) is 0. The molecule has 0 radical (unpaired) electrons. The quantitative estimate of drug-likeness (QED) is 0.181. The van der Waals surface area contributed by atoms with E-state index in [4.69, 9.17) is 4.74 Å². The summed E-state index contributed by atoms with van der Waals surface area (Å²) in [4.78, 5) is 28.9. The first-order valence-corrected chi connectivity index (χ1v) is 13.2. The molecule has 0 saturated carbocycles. The van der Waals surface area contributed by atoms with Crippen LogP contribution in [0.15, 0.2) is 34.8 Å². The number of hydrogen-bond donors (Lipinski definition) is 2. The van der Waals surface area contributed by atoms with Crippen molar-refractivity contribution in [2.24, 2.45) is 17.8 Å². The number of aliphatic hydroxyl groups is 2. The van der Waals surface area contributed by atoms with Crippen molar-refractivity contribution in [3.63, 3.8) is 0 Å². The van der Waals surface area contributed by atoms with Gasteiger partial charge in [-0.05, 0) is 63.2 Å². The van der Waals surface area contributed by atoms with Crippen molar-refractivity contribution in [3.05, 3.63) is 45.5 Å². The van der Waals surface area contributed by atoms with E-state index in [0.29, 0.717) is 18.4 Å². The number of Topliss-reactive ketones (excluding diaryl/α,β-unsaturated/α-hetero) is 1. The van der Waals surface area contributed by atoms with E-state index in [9.17, 15) is 19.8 Å². The van der Waals surface area contributed by atoms with Gasteiger partial charge in [0.2, 0.25) is 0 Å². The number of hydrogen-bond acceptors (Lipinski definition) is 7. The van der Waals surface area contributed by atoms with Crippen LogP contribution in [0, 0.1) is 24.7 Å². The van der Waals surface area contributed by atoms with Crippen molar-refractivity contribution in [2.75, 3.05) is 6.61 Å². The molecule has 7 heteroatoms. The van der Waals surface area contributed by atoms with E-state index in [0.717, 1.165) is 34.7 Å². The molecule has 0 aromatic carbocycles. The lowest BCUT2D eigenvalue weighted by Crippen LogP contribution is -2.33. The van der Waals surface area contributed by atoms with Gasteiger partial charge in [0.15, 0.2) is 0 Å². The lowest BCUT2D eigenvalue weighted by atomic mass is 9.84. The summed E-state index contributed by atoms with van der Waals surface area (Å²) in [5, 5.41) is 23.4. The first kappa shape index (κ1) is 30.9. The fourth-order valence-electron chi connectivity index (χ4n) is 3.86. The molecule has 2 N–H and O–H groups in total. The molecule has 0 aliphatic carbocycles. The summed E-state index contributed by atoms with van der Waals surface area (Å²) in [5.41, 5.74) is 2.87. The Bertz CT molecular complexity index is 914. The Balaban J connectivity index is 2.81. The predicted octanol–water partition coefficient (Wildman–Crippen LogP) is 5.68. The summed E-state index contributed by atoms with van der Waals surface area (Å²) in [6.45, 7) is 16.5. The molecule has 6 nitrogen and oxygen atoms in total. The Labute approximate surface area is 214 Å². The SMILES string of the molecule is C=C(C)C(=O)O[C@@H](C/C=C(/CO)CCC[C@H](C)[C@H](O)[C@@H](C)C(=O)C(C)C)/C(C)=C/c1csc(C)n1. The third-order valence-corrected chi connectivity index (χ3v) is 7.00. The number of esters is 1. The highest BCUT2D eigenvalue weighted by molar-refractivity contribution is 7.09. The lowest BCUT2D eigenvalue weighted by Gasteiger charge is -2.25. The zero-order chi connectivity index (χ0) is 26.7. The van der Waals surface area contributed by atoms with Gasteiger partial charge in [0.05, 0.1) is 23.4 Å². The molecule has 0 amide bonds. The van der Waals surface area contributed by atoms with Gasteiger partial charge in [-0.15, -0.1) is 11.3 Å². The van der Waals surface area contributed by atoms with Crippen LogP contribution in [0.3, 0.4) is 0 Å². The van der Waals surface area contributed by atoms with Crippen LogP contribution < -0.4 is 0 Å². The van der Waals surface area contributed by atoms with Crippen molar-refractivity contribution in [1.82, 2.24) is 4.98 Å². The summed E-state index contributed by atoms with van der Waals surface area (Å²) in [6.07, 6.45) is 5.26. The standard InChI is InChI=1S/C28H43NO5S/c1-17(2)26(31)21(7)27(32)19(5)10-9-11-23(15-30)12-13-25(34-28(33)18(3)4)20(6)14-24-16-35-22(8)29-24/h12,14,16-17,19,21,25,27,30,32H,3,9-11,13,15H2,1-2,4-8H3/b20-14+,23-12+/t19-,21-,25-,27-/m0/s1. The average Bonchev–Trinajstić information content (AvgIpc) is 3.22. The fourth-order valence-corrected chi connectivity index (χ4v) is 4.43. The number of carbonyl (C=O) groups excluding carboxylic acids is 2. The molecule has 196 valence electrons. The Kier molecular flexibility index (Phi) is 13.4. The van der Waals surface area contributed by atoms with Gasteiger partial charge in [-0.25, -0.2) is 9.78 Å². The third kappa shape index (κ3) is 10.6. The van der Waals surface area contributed by atoms with Crippen LogP contribution in [0.4, 0.5) is 0 Å². The Morgan fingerprint density at radius 3 is 2.40 bits per heavy atom. The van der Waals surface area contributed by atoms with Crippen molar-refractivity contribution in [3.8, 4) is 0 Å². The number of aryl methyl sites for hydroxylation is 1. The molecule has 0 bridgehead atoms. The van der Waals surface area contributed by atoms with Crippen LogP contribution in [0.5, 0.6) is 0 Å². The number of carbonyl (C=O) groups is 2. The van der Waals surface area contributed by atoms with Gasteiger partial charge in [-0.3, -0.25) is 4.79 Å². The van der Waals surface area contributed by atoms with E-state index in [1.54, 1.807) is 25.2 Å². The van der Waals surface area contributed by atoms with Gasteiger partial charge >= 0.3 is 5.97 Å². The molecule has 1 aromatic heterocycles. The molecule has 0 unspecified atom stereocenters. The van der Waals surface area contributed by atoms with Crippen LogP contribution in [-0.4, -0.2) is 45.8 Å². The lowest BCUT2D eigenvalue weighted by molar-refractivity contribution is -0.142. The molecular formula is C28H43NO5S. The number of rotatable bonds is 15. The molecule has 0 aliphatic rings. The van der Waals surface area contributed by atoms with Gasteiger partial charge in [-0.2, -0.15) is 0 Å². The maximum atomic E-state index is 12.2. The Morgan fingerprint density at radius 2 is 1.89 bits per heavy atom. The van der Waals surface area contributed by atoms with Crippen LogP contribution in [0.2, 0.25) is 0 Å². The topological polar surface area (TPSA) is 96.7 Å². The molecule has 0 aliphatic heterocycles. The van der Waals surface area contributed by atoms with Crippen molar-refractivity contribution < 1.29 is 24.5 Å². The normalized spacial score (nSPS) is 16.1. The molecule has 1 aromatic rings. The Hall–Kier alpha value is -2.09. The predicted molar refractivity (Wildman–Crippen MR) is 143 cm³/mol. The number of aliphatic hydroxyl groups excluding tert-OH is 2. The second-order valence-electron chi connectivity index (χ2n) is 9.82. The highest BCUT2D eigenvalue weighted by atomic mass is 32.1. The van der Waals surface area contributed by atoms with Gasteiger partial charge in [0.1, 0.15) is 11.9 Å². The smallest absolute Gasteiger partial charge is 0.333 e. The number of thiazole rings is 1. The molecule has 4 atom stereocenters. The molecule has 0 saturated heterocycles. The van der Waals surface area contributed by atoms with Crippen LogP contribution in [-0.2, 0) is 14.3 Å². The minimum atomic E-state index is -0.681.